The number of carbonyl (C=O) groups is 1. The second-order valence-corrected chi connectivity index (χ2v) is 6.36. The second kappa shape index (κ2) is 10.3. The minimum absolute atomic E-state index is 0.0755. The number of aromatic nitrogens is 1. The van der Waals surface area contributed by atoms with E-state index < -0.39 is 0 Å². The lowest BCUT2D eigenvalue weighted by Gasteiger charge is -2.19. The highest BCUT2D eigenvalue weighted by Gasteiger charge is 2.16. The van der Waals surface area contributed by atoms with E-state index in [0.717, 1.165) is 18.2 Å². The van der Waals surface area contributed by atoms with Crippen LogP contribution in [0.5, 0.6) is 0 Å². The summed E-state index contributed by atoms with van der Waals surface area (Å²) < 4.78 is 0. The van der Waals surface area contributed by atoms with Crippen molar-refractivity contribution >= 4 is 41.4 Å². The number of benzene rings is 1. The largest absolute Gasteiger partial charge is 0.368 e. The fourth-order valence-electron chi connectivity index (χ4n) is 2.36. The van der Waals surface area contributed by atoms with Crippen molar-refractivity contribution in [3.63, 3.8) is 0 Å². The molecule has 0 bridgehead atoms. The first-order valence-electron chi connectivity index (χ1n) is 8.58. The normalized spacial score (nSPS) is 11.8. The number of hydrogen-bond donors (Lipinski definition) is 4. The number of halogens is 1. The minimum atomic E-state index is -0.191. The van der Waals surface area contributed by atoms with Crippen molar-refractivity contribution in [2.75, 3.05) is 17.3 Å². The summed E-state index contributed by atoms with van der Waals surface area (Å²) in [5.74, 6) is 0.509. The third kappa shape index (κ3) is 6.38. The first kappa shape index (κ1) is 20.4. The molecule has 0 aliphatic heterocycles. The Morgan fingerprint density at radius 1 is 1.37 bits per heavy atom. The molecule has 27 heavy (non-hydrogen) atoms. The first-order chi connectivity index (χ1) is 13.0. The molecule has 0 spiro atoms. The van der Waals surface area contributed by atoms with E-state index in [1.54, 1.807) is 30.5 Å². The molecule has 1 aromatic carbocycles. The SMILES string of the molecule is CCC(CNc1ccc(Cl)cn1)NC(=O)c1cc(C)ccc1N/N=C\C=N. The van der Waals surface area contributed by atoms with Crippen LogP contribution >= 0.6 is 11.6 Å². The van der Waals surface area contributed by atoms with Gasteiger partial charge in [0.25, 0.3) is 5.91 Å². The van der Waals surface area contributed by atoms with Crippen LogP contribution in [0.4, 0.5) is 11.5 Å². The van der Waals surface area contributed by atoms with Gasteiger partial charge in [0.1, 0.15) is 5.82 Å². The van der Waals surface area contributed by atoms with Crippen molar-refractivity contribution < 1.29 is 4.79 Å². The van der Waals surface area contributed by atoms with E-state index in [2.05, 4.69) is 26.1 Å². The molecule has 0 saturated heterocycles. The Bertz CT molecular complexity index is 806. The molecular formula is C19H23ClN6O. The van der Waals surface area contributed by atoms with Gasteiger partial charge in [-0.2, -0.15) is 5.10 Å². The topological polar surface area (TPSA) is 102 Å². The first-order valence-corrected chi connectivity index (χ1v) is 8.96. The highest BCUT2D eigenvalue weighted by atomic mass is 35.5. The summed E-state index contributed by atoms with van der Waals surface area (Å²) in [6.07, 6.45) is 4.69. The van der Waals surface area contributed by atoms with Gasteiger partial charge in [-0.1, -0.05) is 30.2 Å². The molecule has 4 N–H and O–H groups in total. The summed E-state index contributed by atoms with van der Waals surface area (Å²) in [5, 5.41) is 17.7. The number of aryl methyl sites for hydroxylation is 1. The highest BCUT2D eigenvalue weighted by molar-refractivity contribution is 6.30. The maximum absolute atomic E-state index is 12.8. The Morgan fingerprint density at radius 2 is 2.19 bits per heavy atom. The molecule has 2 rings (SSSR count). The number of rotatable bonds is 9. The van der Waals surface area contributed by atoms with Crippen LogP contribution in [0.25, 0.3) is 0 Å². The summed E-state index contributed by atoms with van der Waals surface area (Å²) in [5.41, 5.74) is 4.85. The lowest BCUT2D eigenvalue weighted by molar-refractivity contribution is 0.0938. The minimum Gasteiger partial charge on any atom is -0.368 e. The van der Waals surface area contributed by atoms with E-state index in [-0.39, 0.29) is 11.9 Å². The molecule has 0 fully saturated rings. The van der Waals surface area contributed by atoms with Gasteiger partial charge in [-0.05, 0) is 37.6 Å². The van der Waals surface area contributed by atoms with E-state index in [9.17, 15) is 4.79 Å². The van der Waals surface area contributed by atoms with Crippen LogP contribution in [0.2, 0.25) is 5.02 Å². The zero-order chi connectivity index (χ0) is 19.6. The van der Waals surface area contributed by atoms with E-state index in [0.29, 0.717) is 28.6 Å². The Labute approximate surface area is 163 Å². The number of amides is 1. The number of nitrogens with zero attached hydrogens (tertiary/aromatic N) is 2. The van der Waals surface area contributed by atoms with E-state index in [1.165, 1.54) is 6.21 Å². The van der Waals surface area contributed by atoms with Crippen LogP contribution in [0, 0.1) is 12.3 Å². The van der Waals surface area contributed by atoms with E-state index >= 15 is 0 Å². The lowest BCUT2D eigenvalue weighted by atomic mass is 10.1. The van der Waals surface area contributed by atoms with Crippen molar-refractivity contribution in [3.8, 4) is 0 Å². The second-order valence-electron chi connectivity index (χ2n) is 5.93. The molecule has 2 aromatic rings. The summed E-state index contributed by atoms with van der Waals surface area (Å²) >= 11 is 5.84. The van der Waals surface area contributed by atoms with Gasteiger partial charge >= 0.3 is 0 Å². The summed E-state index contributed by atoms with van der Waals surface area (Å²) in [4.78, 5) is 17.0. The van der Waals surface area contributed by atoms with Crippen LogP contribution in [0.1, 0.15) is 29.3 Å². The van der Waals surface area contributed by atoms with Crippen molar-refractivity contribution in [1.29, 1.82) is 5.41 Å². The number of anilines is 2. The molecule has 7 nitrogen and oxygen atoms in total. The quantitative estimate of drug-likeness (QED) is 0.389. The fraction of sp³-hybridized carbons (Fsp3) is 0.263. The molecule has 1 heterocycles. The van der Waals surface area contributed by atoms with Gasteiger partial charge in [0.05, 0.1) is 22.5 Å². The smallest absolute Gasteiger partial charge is 0.253 e. The molecule has 0 radical (unpaired) electrons. The van der Waals surface area contributed by atoms with Crippen molar-refractivity contribution in [1.82, 2.24) is 10.3 Å². The molecule has 0 aliphatic rings. The third-order valence-corrected chi connectivity index (χ3v) is 4.06. The molecule has 1 unspecified atom stereocenters. The van der Waals surface area contributed by atoms with Crippen LogP contribution in [-0.2, 0) is 0 Å². The molecule has 8 heteroatoms. The van der Waals surface area contributed by atoms with E-state index in [4.69, 9.17) is 17.0 Å². The van der Waals surface area contributed by atoms with Crippen molar-refractivity contribution in [2.24, 2.45) is 5.10 Å². The van der Waals surface area contributed by atoms with Crippen LogP contribution in [-0.4, -0.2) is 35.9 Å². The molecule has 0 saturated carbocycles. The predicted octanol–water partition coefficient (Wildman–Crippen LogP) is 3.71. The molecule has 1 atom stereocenters. The lowest BCUT2D eigenvalue weighted by Crippen LogP contribution is -2.39. The van der Waals surface area contributed by atoms with Crippen LogP contribution < -0.4 is 16.1 Å². The molecule has 1 aromatic heterocycles. The third-order valence-electron chi connectivity index (χ3n) is 3.84. The maximum Gasteiger partial charge on any atom is 0.253 e. The van der Waals surface area contributed by atoms with Gasteiger partial charge in [0, 0.05) is 25.0 Å². The summed E-state index contributed by atoms with van der Waals surface area (Å²) in [6, 6.07) is 8.97. The Hall–Kier alpha value is -2.93. The summed E-state index contributed by atoms with van der Waals surface area (Å²) in [6.45, 7) is 4.47. The molecule has 0 aliphatic carbocycles. The standard InChI is InChI=1S/C19H23ClN6O/c1-3-15(12-23-18-7-5-14(20)11-22-18)25-19(27)16-10-13(2)4-6-17(16)26-24-9-8-21/h4-11,15,21,26H,3,12H2,1-2H3,(H,22,23)(H,25,27)/b21-8?,24-9-. The number of pyridine rings is 1. The van der Waals surface area contributed by atoms with Gasteiger partial charge in [-0.25, -0.2) is 4.98 Å². The average molecular weight is 387 g/mol. The Kier molecular flexibility index (Phi) is 7.76. The van der Waals surface area contributed by atoms with Gasteiger partial charge in [-0.15, -0.1) is 0 Å². The zero-order valence-electron chi connectivity index (χ0n) is 15.3. The number of nitrogens with one attached hydrogen (secondary N) is 4. The monoisotopic (exact) mass is 386 g/mol. The zero-order valence-corrected chi connectivity index (χ0v) is 16.0. The Morgan fingerprint density at radius 3 is 2.85 bits per heavy atom. The number of hydrogen-bond acceptors (Lipinski definition) is 6. The highest BCUT2D eigenvalue weighted by Crippen LogP contribution is 2.18. The van der Waals surface area contributed by atoms with E-state index in [1.807, 2.05) is 19.9 Å². The molecular weight excluding hydrogens is 364 g/mol. The van der Waals surface area contributed by atoms with Crippen LogP contribution in [0.3, 0.4) is 0 Å². The van der Waals surface area contributed by atoms with Crippen molar-refractivity contribution in [2.45, 2.75) is 26.3 Å². The maximum atomic E-state index is 12.8. The van der Waals surface area contributed by atoms with Crippen LogP contribution in [0.15, 0.2) is 41.6 Å². The Balaban J connectivity index is 2.04. The van der Waals surface area contributed by atoms with Gasteiger partial charge < -0.3 is 16.0 Å². The molecule has 142 valence electrons. The summed E-state index contributed by atoms with van der Waals surface area (Å²) in [7, 11) is 0. The van der Waals surface area contributed by atoms with Crippen molar-refractivity contribution in [3.05, 3.63) is 52.7 Å². The number of hydrazone groups is 1. The van der Waals surface area contributed by atoms with Gasteiger partial charge in [-0.3, -0.25) is 10.2 Å². The van der Waals surface area contributed by atoms with Gasteiger partial charge in [0.2, 0.25) is 0 Å². The number of carbonyl (C=O) groups excluding carboxylic acids is 1. The molecule has 1 amide bonds. The fourth-order valence-corrected chi connectivity index (χ4v) is 2.47. The van der Waals surface area contributed by atoms with Gasteiger partial charge in [0.15, 0.2) is 0 Å². The average Bonchev–Trinajstić information content (AvgIpc) is 2.67. The predicted molar refractivity (Wildman–Crippen MR) is 111 cm³/mol.